The fraction of sp³-hybridized carbons (Fsp3) is 0.286. The van der Waals surface area contributed by atoms with Crippen LogP contribution in [-0.2, 0) is 19.5 Å². The second-order valence-electron chi connectivity index (χ2n) is 6.57. The zero-order valence-corrected chi connectivity index (χ0v) is 15.5. The minimum Gasteiger partial charge on any atom is -0.493 e. The lowest BCUT2D eigenvalue weighted by Gasteiger charge is -2.14. The van der Waals surface area contributed by atoms with Gasteiger partial charge in [-0.2, -0.15) is 0 Å². The van der Waals surface area contributed by atoms with E-state index in [1.54, 1.807) is 26.4 Å². The lowest BCUT2D eigenvalue weighted by atomic mass is 10.0. The Labute approximate surface area is 157 Å². The van der Waals surface area contributed by atoms with E-state index in [1.807, 2.05) is 12.3 Å². The van der Waals surface area contributed by atoms with Gasteiger partial charge in [-0.1, -0.05) is 12.1 Å². The molecule has 6 heteroatoms. The normalized spacial score (nSPS) is 12.7. The van der Waals surface area contributed by atoms with E-state index in [9.17, 15) is 4.39 Å². The van der Waals surface area contributed by atoms with Gasteiger partial charge in [-0.3, -0.25) is 0 Å². The first-order valence-electron chi connectivity index (χ1n) is 8.98. The van der Waals surface area contributed by atoms with Crippen LogP contribution in [0.4, 0.5) is 10.3 Å². The Bertz CT molecular complexity index is 951. The van der Waals surface area contributed by atoms with Gasteiger partial charge < -0.3 is 19.4 Å². The van der Waals surface area contributed by atoms with Crippen LogP contribution in [0.15, 0.2) is 42.6 Å². The minimum absolute atomic E-state index is 0.227. The maximum Gasteiger partial charge on any atom is 0.203 e. The molecule has 0 unspecified atom stereocenters. The number of fused-ring (bicyclic) bond motifs is 3. The van der Waals surface area contributed by atoms with E-state index in [0.717, 1.165) is 47.9 Å². The second kappa shape index (κ2) is 7.31. The van der Waals surface area contributed by atoms with E-state index in [2.05, 4.69) is 20.9 Å². The summed E-state index contributed by atoms with van der Waals surface area (Å²) in [5.74, 6) is 2.05. The van der Waals surface area contributed by atoms with Crippen LogP contribution >= 0.6 is 0 Å². The van der Waals surface area contributed by atoms with E-state index < -0.39 is 0 Å². The summed E-state index contributed by atoms with van der Waals surface area (Å²) in [6, 6.07) is 10.6. The van der Waals surface area contributed by atoms with Gasteiger partial charge in [0.1, 0.15) is 5.82 Å². The van der Waals surface area contributed by atoms with Crippen molar-refractivity contribution < 1.29 is 13.9 Å². The maximum absolute atomic E-state index is 13.1. The van der Waals surface area contributed by atoms with Gasteiger partial charge in [0, 0.05) is 18.7 Å². The number of imidazole rings is 1. The van der Waals surface area contributed by atoms with Crippen molar-refractivity contribution in [3.05, 3.63) is 59.5 Å². The first kappa shape index (κ1) is 17.4. The molecule has 0 saturated carbocycles. The van der Waals surface area contributed by atoms with Crippen molar-refractivity contribution in [3.63, 3.8) is 0 Å². The lowest BCUT2D eigenvalue weighted by Crippen LogP contribution is -2.08. The number of ether oxygens (including phenoxy) is 2. The highest BCUT2D eigenvalue weighted by Gasteiger charge is 2.20. The summed E-state index contributed by atoms with van der Waals surface area (Å²) < 4.78 is 26.2. The summed E-state index contributed by atoms with van der Waals surface area (Å²) in [6.45, 7) is 1.47. The zero-order valence-electron chi connectivity index (χ0n) is 15.5. The monoisotopic (exact) mass is 367 g/mol. The number of aromatic nitrogens is 2. The van der Waals surface area contributed by atoms with E-state index in [-0.39, 0.29) is 5.82 Å². The van der Waals surface area contributed by atoms with Crippen LogP contribution in [0.1, 0.15) is 17.5 Å². The maximum atomic E-state index is 13.1. The number of hydrogen-bond donors (Lipinski definition) is 1. The molecule has 0 bridgehead atoms. The Morgan fingerprint density at radius 1 is 1.11 bits per heavy atom. The molecule has 27 heavy (non-hydrogen) atoms. The molecule has 2 heterocycles. The number of benzene rings is 2. The number of methoxy groups -OCH3 is 2. The average molecular weight is 367 g/mol. The molecule has 1 aliphatic heterocycles. The smallest absolute Gasteiger partial charge is 0.203 e. The van der Waals surface area contributed by atoms with Crippen molar-refractivity contribution in [2.75, 3.05) is 19.5 Å². The molecule has 0 radical (unpaired) electrons. The summed E-state index contributed by atoms with van der Waals surface area (Å²) in [7, 11) is 3.30. The Kier molecular flexibility index (Phi) is 4.71. The van der Waals surface area contributed by atoms with Gasteiger partial charge in [0.2, 0.25) is 5.95 Å². The average Bonchev–Trinajstić information content (AvgIpc) is 3.00. The fourth-order valence-electron chi connectivity index (χ4n) is 3.54. The van der Waals surface area contributed by atoms with Crippen molar-refractivity contribution >= 4 is 5.95 Å². The Morgan fingerprint density at radius 3 is 2.59 bits per heavy atom. The van der Waals surface area contributed by atoms with Crippen LogP contribution in [0.3, 0.4) is 0 Å². The predicted octanol–water partition coefficient (Wildman–Crippen LogP) is 4.26. The Balaban J connectivity index is 1.65. The van der Waals surface area contributed by atoms with Gasteiger partial charge in [-0.25, -0.2) is 9.37 Å². The van der Waals surface area contributed by atoms with E-state index in [1.165, 1.54) is 17.7 Å². The van der Waals surface area contributed by atoms with Gasteiger partial charge in [-0.05, 0) is 48.2 Å². The van der Waals surface area contributed by atoms with E-state index >= 15 is 0 Å². The van der Waals surface area contributed by atoms with Crippen molar-refractivity contribution in [2.45, 2.75) is 25.9 Å². The van der Waals surface area contributed by atoms with Crippen LogP contribution < -0.4 is 14.8 Å². The summed E-state index contributed by atoms with van der Waals surface area (Å²) in [6.07, 6.45) is 3.87. The number of aryl methyl sites for hydroxylation is 1. The fourth-order valence-corrected chi connectivity index (χ4v) is 3.54. The zero-order chi connectivity index (χ0) is 18.8. The molecule has 3 aromatic rings. The van der Waals surface area contributed by atoms with Gasteiger partial charge in [0.25, 0.3) is 0 Å². The third-order valence-corrected chi connectivity index (χ3v) is 4.93. The SMILES string of the molecule is COc1cc2c(cc1OC)-c1cnc(NCc3ccc(F)cc3)n1CCC2. The number of nitrogens with zero attached hydrogens (tertiary/aromatic N) is 2. The summed E-state index contributed by atoms with van der Waals surface area (Å²) >= 11 is 0. The highest BCUT2D eigenvalue weighted by molar-refractivity contribution is 5.70. The summed E-state index contributed by atoms with van der Waals surface area (Å²) in [5, 5.41) is 3.37. The first-order valence-corrected chi connectivity index (χ1v) is 8.98. The number of nitrogens with one attached hydrogen (secondary N) is 1. The molecule has 1 N–H and O–H groups in total. The molecular formula is C21H22FN3O2. The number of hydrogen-bond acceptors (Lipinski definition) is 4. The molecule has 0 atom stereocenters. The molecule has 5 nitrogen and oxygen atoms in total. The molecule has 140 valence electrons. The number of anilines is 1. The quantitative estimate of drug-likeness (QED) is 0.732. The summed E-state index contributed by atoms with van der Waals surface area (Å²) in [5.41, 5.74) is 4.42. The Hall–Kier alpha value is -3.02. The van der Waals surface area contributed by atoms with Gasteiger partial charge in [0.05, 0.1) is 26.1 Å². The van der Waals surface area contributed by atoms with Gasteiger partial charge >= 0.3 is 0 Å². The summed E-state index contributed by atoms with van der Waals surface area (Å²) in [4.78, 5) is 4.57. The standard InChI is InChI=1S/C21H22FN3O2/c1-26-19-10-15-4-3-9-25-18(17(15)11-20(19)27-2)13-24-21(25)23-12-14-5-7-16(22)8-6-14/h5-8,10-11,13H,3-4,9,12H2,1-2H3,(H,23,24). The molecule has 4 rings (SSSR count). The topological polar surface area (TPSA) is 48.3 Å². The van der Waals surface area contributed by atoms with Crippen molar-refractivity contribution in [2.24, 2.45) is 0 Å². The lowest BCUT2D eigenvalue weighted by molar-refractivity contribution is 0.354. The number of halogens is 1. The first-order chi connectivity index (χ1) is 13.2. The van der Waals surface area contributed by atoms with Crippen LogP contribution in [-0.4, -0.2) is 23.8 Å². The molecule has 1 aromatic heterocycles. The minimum atomic E-state index is -0.227. The molecule has 0 aliphatic carbocycles. The van der Waals surface area contributed by atoms with E-state index in [4.69, 9.17) is 9.47 Å². The number of rotatable bonds is 5. The van der Waals surface area contributed by atoms with Crippen LogP contribution in [0.2, 0.25) is 0 Å². The molecule has 1 aliphatic rings. The van der Waals surface area contributed by atoms with Gasteiger partial charge in [0.15, 0.2) is 11.5 Å². The highest BCUT2D eigenvalue weighted by atomic mass is 19.1. The molecule has 2 aromatic carbocycles. The van der Waals surface area contributed by atoms with Crippen LogP contribution in [0.5, 0.6) is 11.5 Å². The Morgan fingerprint density at radius 2 is 1.85 bits per heavy atom. The molecule has 0 amide bonds. The van der Waals surface area contributed by atoms with Crippen LogP contribution in [0.25, 0.3) is 11.3 Å². The van der Waals surface area contributed by atoms with Crippen molar-refractivity contribution in [3.8, 4) is 22.8 Å². The van der Waals surface area contributed by atoms with Crippen molar-refractivity contribution in [1.29, 1.82) is 0 Å². The largest absolute Gasteiger partial charge is 0.493 e. The van der Waals surface area contributed by atoms with Crippen LogP contribution in [0, 0.1) is 5.82 Å². The molecule has 0 saturated heterocycles. The second-order valence-corrected chi connectivity index (χ2v) is 6.57. The highest BCUT2D eigenvalue weighted by Crippen LogP contribution is 2.38. The third kappa shape index (κ3) is 3.35. The van der Waals surface area contributed by atoms with Gasteiger partial charge in [-0.15, -0.1) is 0 Å². The third-order valence-electron chi connectivity index (χ3n) is 4.93. The van der Waals surface area contributed by atoms with E-state index in [0.29, 0.717) is 12.3 Å². The van der Waals surface area contributed by atoms with Crippen molar-refractivity contribution in [1.82, 2.24) is 9.55 Å². The predicted molar refractivity (Wildman–Crippen MR) is 103 cm³/mol. The molecule has 0 fully saturated rings. The molecular weight excluding hydrogens is 345 g/mol. The molecule has 0 spiro atoms.